The number of carbonyl (C=O) groups is 1. The highest BCUT2D eigenvalue weighted by Crippen LogP contribution is 2.26. The molecular formula is C23H24N4O3. The lowest BCUT2D eigenvalue weighted by molar-refractivity contribution is -0.384. The first-order valence-electron chi connectivity index (χ1n) is 10.3. The standard InChI is InChI=1S/C23H24N4O3/c24-15-18-1-4-20-14-22(8-5-19(20)13-18)26-12-11-25(23(28)16-26)10-9-17-2-6-21(7-3-17)27(29)30/h1-4,6-7,13,22H,5,8-12,14,16H2. The first-order chi connectivity index (χ1) is 14.5. The fourth-order valence-electron chi connectivity index (χ4n) is 4.44. The minimum absolute atomic E-state index is 0.0846. The number of piperazine rings is 1. The molecule has 1 fully saturated rings. The second-order valence-corrected chi connectivity index (χ2v) is 8.02. The van der Waals surface area contributed by atoms with Gasteiger partial charge in [0.25, 0.3) is 5.69 Å². The Morgan fingerprint density at radius 2 is 1.93 bits per heavy atom. The van der Waals surface area contributed by atoms with Crippen LogP contribution in [0.15, 0.2) is 42.5 Å². The number of nitro benzene ring substituents is 1. The molecule has 0 aromatic heterocycles. The number of aryl methyl sites for hydroxylation is 1. The summed E-state index contributed by atoms with van der Waals surface area (Å²) in [6.07, 6.45) is 3.58. The third kappa shape index (κ3) is 4.34. The Balaban J connectivity index is 1.30. The number of benzene rings is 2. The maximum Gasteiger partial charge on any atom is 0.269 e. The van der Waals surface area contributed by atoms with Crippen LogP contribution in [-0.4, -0.2) is 52.9 Å². The molecule has 154 valence electrons. The fourth-order valence-corrected chi connectivity index (χ4v) is 4.44. The molecule has 1 atom stereocenters. The number of nitriles is 1. The van der Waals surface area contributed by atoms with Gasteiger partial charge in [-0.15, -0.1) is 0 Å². The number of nitrogens with zero attached hydrogens (tertiary/aromatic N) is 4. The Hall–Kier alpha value is -3.24. The van der Waals surface area contributed by atoms with E-state index in [1.54, 1.807) is 12.1 Å². The molecule has 1 aliphatic carbocycles. The lowest BCUT2D eigenvalue weighted by atomic mass is 9.86. The number of nitro groups is 1. The molecule has 4 rings (SSSR count). The molecule has 0 spiro atoms. The van der Waals surface area contributed by atoms with Crippen LogP contribution in [0.1, 0.15) is 28.7 Å². The van der Waals surface area contributed by atoms with Gasteiger partial charge in [-0.3, -0.25) is 19.8 Å². The van der Waals surface area contributed by atoms with Gasteiger partial charge in [0.05, 0.1) is 23.1 Å². The molecule has 0 N–H and O–H groups in total. The summed E-state index contributed by atoms with van der Waals surface area (Å²) in [7, 11) is 0. The van der Waals surface area contributed by atoms with E-state index in [-0.39, 0.29) is 11.6 Å². The number of carbonyl (C=O) groups excluding carboxylic acids is 1. The maximum atomic E-state index is 12.7. The monoisotopic (exact) mass is 404 g/mol. The first kappa shape index (κ1) is 20.0. The molecule has 2 aromatic rings. The van der Waals surface area contributed by atoms with E-state index in [1.807, 2.05) is 17.0 Å². The SMILES string of the molecule is N#Cc1ccc2c(c1)CCC(N1CCN(CCc3ccc([N+](=O)[O-])cc3)C(=O)C1)C2. The highest BCUT2D eigenvalue weighted by Gasteiger charge is 2.30. The minimum Gasteiger partial charge on any atom is -0.340 e. The summed E-state index contributed by atoms with van der Waals surface area (Å²) in [5.41, 5.74) is 4.35. The van der Waals surface area contributed by atoms with Gasteiger partial charge in [0.1, 0.15) is 0 Å². The zero-order chi connectivity index (χ0) is 21.1. The van der Waals surface area contributed by atoms with Gasteiger partial charge in [0, 0.05) is 37.8 Å². The maximum absolute atomic E-state index is 12.7. The molecule has 0 radical (unpaired) electrons. The molecule has 1 saturated heterocycles. The highest BCUT2D eigenvalue weighted by atomic mass is 16.6. The largest absolute Gasteiger partial charge is 0.340 e. The Bertz CT molecular complexity index is 996. The highest BCUT2D eigenvalue weighted by molar-refractivity contribution is 5.79. The number of rotatable bonds is 5. The van der Waals surface area contributed by atoms with Crippen molar-refractivity contribution in [1.82, 2.24) is 9.80 Å². The van der Waals surface area contributed by atoms with Crippen LogP contribution in [0.4, 0.5) is 5.69 Å². The van der Waals surface area contributed by atoms with Gasteiger partial charge in [0.15, 0.2) is 0 Å². The van der Waals surface area contributed by atoms with Crippen LogP contribution in [-0.2, 0) is 24.1 Å². The number of non-ortho nitro benzene ring substituents is 1. The predicted octanol–water partition coefficient (Wildman–Crippen LogP) is 2.71. The number of hydrogen-bond acceptors (Lipinski definition) is 5. The van der Waals surface area contributed by atoms with Gasteiger partial charge in [-0.25, -0.2) is 0 Å². The molecule has 30 heavy (non-hydrogen) atoms. The summed E-state index contributed by atoms with van der Waals surface area (Å²) in [5.74, 6) is 0.147. The van der Waals surface area contributed by atoms with E-state index in [0.717, 1.165) is 31.4 Å². The first-order valence-corrected chi connectivity index (χ1v) is 10.3. The summed E-state index contributed by atoms with van der Waals surface area (Å²) in [6, 6.07) is 15.0. The third-order valence-corrected chi connectivity index (χ3v) is 6.22. The van der Waals surface area contributed by atoms with Crippen LogP contribution in [0.25, 0.3) is 0 Å². The number of fused-ring (bicyclic) bond motifs is 1. The van der Waals surface area contributed by atoms with Crippen LogP contribution in [0.2, 0.25) is 0 Å². The Morgan fingerprint density at radius 1 is 1.13 bits per heavy atom. The van der Waals surface area contributed by atoms with Gasteiger partial charge < -0.3 is 4.90 Å². The third-order valence-electron chi connectivity index (χ3n) is 6.22. The number of amides is 1. The molecule has 1 amide bonds. The Morgan fingerprint density at radius 3 is 2.63 bits per heavy atom. The van der Waals surface area contributed by atoms with Crippen molar-refractivity contribution in [1.29, 1.82) is 5.26 Å². The Labute approximate surface area is 175 Å². The average molecular weight is 404 g/mol. The molecule has 2 aromatic carbocycles. The molecule has 7 heteroatoms. The molecule has 7 nitrogen and oxygen atoms in total. The van der Waals surface area contributed by atoms with Crippen molar-refractivity contribution in [3.63, 3.8) is 0 Å². The second kappa shape index (κ2) is 8.64. The molecular weight excluding hydrogens is 380 g/mol. The van der Waals surface area contributed by atoms with E-state index < -0.39 is 4.92 Å². The Kier molecular flexibility index (Phi) is 5.77. The van der Waals surface area contributed by atoms with Crippen LogP contribution >= 0.6 is 0 Å². The smallest absolute Gasteiger partial charge is 0.269 e. The minimum atomic E-state index is -0.404. The quantitative estimate of drug-likeness (QED) is 0.565. The van der Waals surface area contributed by atoms with Gasteiger partial charge in [-0.05, 0) is 54.5 Å². The van der Waals surface area contributed by atoms with E-state index in [0.29, 0.717) is 37.7 Å². The van der Waals surface area contributed by atoms with Crippen molar-refractivity contribution in [2.45, 2.75) is 31.7 Å². The van der Waals surface area contributed by atoms with Crippen molar-refractivity contribution in [2.24, 2.45) is 0 Å². The van der Waals surface area contributed by atoms with E-state index in [9.17, 15) is 14.9 Å². The van der Waals surface area contributed by atoms with E-state index >= 15 is 0 Å². The molecule has 1 aliphatic heterocycles. The van der Waals surface area contributed by atoms with Crippen molar-refractivity contribution in [3.8, 4) is 6.07 Å². The van der Waals surface area contributed by atoms with Crippen LogP contribution < -0.4 is 0 Å². The van der Waals surface area contributed by atoms with Gasteiger partial charge >= 0.3 is 0 Å². The summed E-state index contributed by atoms with van der Waals surface area (Å²) in [6.45, 7) is 2.65. The summed E-state index contributed by atoms with van der Waals surface area (Å²) >= 11 is 0. The van der Waals surface area contributed by atoms with Gasteiger partial charge in [-0.1, -0.05) is 18.2 Å². The number of hydrogen-bond donors (Lipinski definition) is 0. The van der Waals surface area contributed by atoms with Crippen molar-refractivity contribution in [3.05, 3.63) is 74.8 Å². The lowest BCUT2D eigenvalue weighted by Gasteiger charge is -2.40. The van der Waals surface area contributed by atoms with Crippen molar-refractivity contribution >= 4 is 11.6 Å². The zero-order valence-corrected chi connectivity index (χ0v) is 16.8. The summed E-state index contributed by atoms with van der Waals surface area (Å²) in [4.78, 5) is 27.2. The summed E-state index contributed by atoms with van der Waals surface area (Å²) in [5, 5.41) is 19.8. The predicted molar refractivity (Wildman–Crippen MR) is 112 cm³/mol. The van der Waals surface area contributed by atoms with Crippen LogP contribution in [0.5, 0.6) is 0 Å². The van der Waals surface area contributed by atoms with Gasteiger partial charge in [0.2, 0.25) is 5.91 Å². The second-order valence-electron chi connectivity index (χ2n) is 8.02. The lowest BCUT2D eigenvalue weighted by Crippen LogP contribution is -2.54. The van der Waals surface area contributed by atoms with Crippen molar-refractivity contribution in [2.75, 3.05) is 26.2 Å². The van der Waals surface area contributed by atoms with Crippen molar-refractivity contribution < 1.29 is 9.72 Å². The van der Waals surface area contributed by atoms with E-state index in [4.69, 9.17) is 5.26 Å². The topological polar surface area (TPSA) is 90.5 Å². The normalized spacial score (nSPS) is 19.2. The zero-order valence-electron chi connectivity index (χ0n) is 16.8. The molecule has 1 unspecified atom stereocenters. The van der Waals surface area contributed by atoms with Crippen LogP contribution in [0, 0.1) is 21.4 Å². The molecule has 1 heterocycles. The molecule has 2 aliphatic rings. The summed E-state index contributed by atoms with van der Waals surface area (Å²) < 4.78 is 0. The van der Waals surface area contributed by atoms with Crippen LogP contribution in [0.3, 0.4) is 0 Å². The van der Waals surface area contributed by atoms with E-state index in [1.165, 1.54) is 23.3 Å². The fraction of sp³-hybridized carbons (Fsp3) is 0.391. The van der Waals surface area contributed by atoms with Gasteiger partial charge in [-0.2, -0.15) is 5.26 Å². The average Bonchev–Trinajstić information content (AvgIpc) is 2.77. The molecule has 0 saturated carbocycles. The van der Waals surface area contributed by atoms with E-state index in [2.05, 4.69) is 17.0 Å². The molecule has 0 bridgehead atoms.